The quantitative estimate of drug-likeness (QED) is 0.732. The molecule has 144 valence electrons. The highest BCUT2D eigenvalue weighted by Crippen LogP contribution is 2.36. The highest BCUT2D eigenvalue weighted by molar-refractivity contribution is 6.00. The van der Waals surface area contributed by atoms with E-state index in [0.29, 0.717) is 43.1 Å². The Morgan fingerprint density at radius 1 is 1.41 bits per heavy atom. The van der Waals surface area contributed by atoms with Gasteiger partial charge in [-0.05, 0) is 18.8 Å². The van der Waals surface area contributed by atoms with Crippen LogP contribution < -0.4 is 11.1 Å². The Hall–Kier alpha value is -2.81. The third-order valence-electron chi connectivity index (χ3n) is 4.55. The first-order valence-corrected chi connectivity index (χ1v) is 8.75. The largest absolute Gasteiger partial charge is 0.383 e. The van der Waals surface area contributed by atoms with E-state index < -0.39 is 5.91 Å². The summed E-state index contributed by atoms with van der Waals surface area (Å²) in [6, 6.07) is 0. The Kier molecular flexibility index (Phi) is 4.97. The molecule has 0 atom stereocenters. The molecule has 3 rings (SSSR count). The van der Waals surface area contributed by atoms with Gasteiger partial charge in [-0.3, -0.25) is 9.59 Å². The maximum absolute atomic E-state index is 12.6. The molecule has 1 aliphatic carbocycles. The molecule has 27 heavy (non-hydrogen) atoms. The lowest BCUT2D eigenvalue weighted by Gasteiger charge is -2.28. The van der Waals surface area contributed by atoms with E-state index in [4.69, 9.17) is 10.5 Å². The van der Waals surface area contributed by atoms with Crippen LogP contribution in [0.4, 0.5) is 5.82 Å². The predicted molar refractivity (Wildman–Crippen MR) is 99.2 cm³/mol. The fourth-order valence-electron chi connectivity index (χ4n) is 3.37. The van der Waals surface area contributed by atoms with E-state index in [9.17, 15) is 9.59 Å². The number of ether oxygens (including phenoxy) is 1. The minimum Gasteiger partial charge on any atom is -0.383 e. The Bertz CT molecular complexity index is 903. The van der Waals surface area contributed by atoms with Crippen LogP contribution in [0, 0.1) is 12.3 Å². The summed E-state index contributed by atoms with van der Waals surface area (Å²) < 4.78 is 6.61. The lowest BCUT2D eigenvalue weighted by atomic mass is 9.75. The number of carbonyl (C=O) groups is 2. The Balaban J connectivity index is 2.07. The minimum atomic E-state index is -0.628. The summed E-state index contributed by atoms with van der Waals surface area (Å²) in [7, 11) is 1.58. The fraction of sp³-hybridized carbons (Fsp3) is 0.500. The van der Waals surface area contributed by atoms with Crippen LogP contribution in [0.3, 0.4) is 0 Å². The second-order valence-electron chi connectivity index (χ2n) is 7.48. The van der Waals surface area contributed by atoms with Crippen LogP contribution in [0.15, 0.2) is 6.20 Å². The van der Waals surface area contributed by atoms with Crippen LogP contribution in [0.5, 0.6) is 0 Å². The van der Waals surface area contributed by atoms with E-state index in [1.807, 2.05) is 0 Å². The molecule has 9 heteroatoms. The zero-order valence-corrected chi connectivity index (χ0v) is 16.0. The topological polar surface area (TPSA) is 125 Å². The Labute approximate surface area is 157 Å². The average Bonchev–Trinajstić information content (AvgIpc) is 2.90. The van der Waals surface area contributed by atoms with Gasteiger partial charge >= 0.3 is 0 Å². The van der Waals surface area contributed by atoms with Crippen molar-refractivity contribution >= 4 is 17.5 Å². The van der Waals surface area contributed by atoms with Gasteiger partial charge < -0.3 is 15.8 Å². The number of nitrogens with one attached hydrogen (secondary N) is 1. The average molecular weight is 372 g/mol. The lowest BCUT2D eigenvalue weighted by Crippen LogP contribution is -2.28. The number of aryl methyl sites for hydroxylation is 1. The molecule has 2 heterocycles. The third kappa shape index (κ3) is 3.68. The SMILES string of the molecule is COCCNc1nc(-n2nc(C)c3c2CC(C)(C)CC3=O)ncc1C(N)=O. The summed E-state index contributed by atoms with van der Waals surface area (Å²) in [5.41, 5.74) is 7.53. The predicted octanol–water partition coefficient (Wildman–Crippen LogP) is 1.28. The van der Waals surface area contributed by atoms with Crippen molar-refractivity contribution in [3.05, 3.63) is 28.7 Å². The van der Waals surface area contributed by atoms with Crippen molar-refractivity contribution in [2.45, 2.75) is 33.6 Å². The Morgan fingerprint density at radius 3 is 2.81 bits per heavy atom. The van der Waals surface area contributed by atoms with Crippen molar-refractivity contribution in [3.63, 3.8) is 0 Å². The monoisotopic (exact) mass is 372 g/mol. The van der Waals surface area contributed by atoms with Crippen LogP contribution in [0.1, 0.15) is 52.4 Å². The number of rotatable bonds is 6. The molecular weight excluding hydrogens is 348 g/mol. The van der Waals surface area contributed by atoms with E-state index >= 15 is 0 Å². The van der Waals surface area contributed by atoms with Crippen molar-refractivity contribution in [1.82, 2.24) is 19.7 Å². The van der Waals surface area contributed by atoms with Crippen LogP contribution in [-0.4, -0.2) is 51.7 Å². The van der Waals surface area contributed by atoms with E-state index in [-0.39, 0.29) is 22.7 Å². The summed E-state index contributed by atoms with van der Waals surface area (Å²) in [4.78, 5) is 32.9. The molecule has 0 radical (unpaired) electrons. The number of amides is 1. The van der Waals surface area contributed by atoms with Gasteiger partial charge in [-0.1, -0.05) is 13.8 Å². The number of primary amides is 1. The molecule has 0 aromatic carbocycles. The van der Waals surface area contributed by atoms with Gasteiger partial charge in [-0.25, -0.2) is 9.67 Å². The summed E-state index contributed by atoms with van der Waals surface area (Å²) in [6.45, 7) is 6.80. The van der Waals surface area contributed by atoms with Crippen molar-refractivity contribution in [1.29, 1.82) is 0 Å². The second kappa shape index (κ2) is 7.07. The summed E-state index contributed by atoms with van der Waals surface area (Å²) in [5.74, 6) is 0.0521. The molecule has 0 bridgehead atoms. The minimum absolute atomic E-state index is 0.0807. The van der Waals surface area contributed by atoms with E-state index in [1.54, 1.807) is 18.7 Å². The fourth-order valence-corrected chi connectivity index (χ4v) is 3.37. The van der Waals surface area contributed by atoms with Gasteiger partial charge in [0.25, 0.3) is 11.9 Å². The van der Waals surface area contributed by atoms with Crippen LogP contribution in [-0.2, 0) is 11.2 Å². The third-order valence-corrected chi connectivity index (χ3v) is 4.55. The molecule has 9 nitrogen and oxygen atoms in total. The number of aromatic nitrogens is 4. The number of hydrogen-bond acceptors (Lipinski definition) is 7. The molecule has 1 aliphatic rings. The molecule has 0 unspecified atom stereocenters. The van der Waals surface area contributed by atoms with E-state index in [1.165, 1.54) is 6.20 Å². The molecule has 1 amide bonds. The number of Topliss-reactive ketones (excluding diaryl/α,β-unsaturated/α-hetero) is 1. The van der Waals surface area contributed by atoms with Gasteiger partial charge in [0.05, 0.1) is 29.1 Å². The Morgan fingerprint density at radius 2 is 2.15 bits per heavy atom. The van der Waals surface area contributed by atoms with Crippen molar-refractivity contribution < 1.29 is 14.3 Å². The number of anilines is 1. The zero-order chi connectivity index (χ0) is 19.8. The van der Waals surface area contributed by atoms with Gasteiger partial charge in [0.2, 0.25) is 0 Å². The summed E-state index contributed by atoms with van der Waals surface area (Å²) in [6.07, 6.45) is 2.54. The van der Waals surface area contributed by atoms with Crippen molar-refractivity contribution in [2.24, 2.45) is 11.1 Å². The van der Waals surface area contributed by atoms with Gasteiger partial charge in [0.1, 0.15) is 5.82 Å². The number of nitrogens with two attached hydrogens (primary N) is 1. The van der Waals surface area contributed by atoms with E-state index in [2.05, 4.69) is 34.2 Å². The molecule has 0 fully saturated rings. The van der Waals surface area contributed by atoms with Crippen LogP contribution >= 0.6 is 0 Å². The van der Waals surface area contributed by atoms with Crippen LogP contribution in [0.25, 0.3) is 5.95 Å². The maximum Gasteiger partial charge on any atom is 0.254 e. The molecule has 2 aromatic heterocycles. The first-order valence-electron chi connectivity index (χ1n) is 8.75. The number of nitrogens with zero attached hydrogens (tertiary/aromatic N) is 4. The second-order valence-corrected chi connectivity index (χ2v) is 7.48. The molecule has 0 saturated heterocycles. The van der Waals surface area contributed by atoms with Gasteiger partial charge in [0, 0.05) is 26.3 Å². The van der Waals surface area contributed by atoms with Gasteiger partial charge in [-0.2, -0.15) is 10.1 Å². The highest BCUT2D eigenvalue weighted by atomic mass is 16.5. The van der Waals surface area contributed by atoms with Crippen molar-refractivity contribution in [2.75, 3.05) is 25.6 Å². The summed E-state index contributed by atoms with van der Waals surface area (Å²) in [5, 5.41) is 7.53. The lowest BCUT2D eigenvalue weighted by molar-refractivity contribution is 0.0909. The summed E-state index contributed by atoms with van der Waals surface area (Å²) >= 11 is 0. The molecule has 0 spiro atoms. The molecule has 0 saturated carbocycles. The number of ketones is 1. The number of fused-ring (bicyclic) bond motifs is 1. The smallest absolute Gasteiger partial charge is 0.254 e. The zero-order valence-electron chi connectivity index (χ0n) is 16.0. The molecular formula is C18H24N6O3. The first-order chi connectivity index (χ1) is 12.7. The first kappa shape index (κ1) is 19.0. The van der Waals surface area contributed by atoms with E-state index in [0.717, 1.165) is 5.69 Å². The number of hydrogen-bond donors (Lipinski definition) is 2. The normalized spacial score (nSPS) is 15.5. The maximum atomic E-state index is 12.6. The van der Waals surface area contributed by atoms with Gasteiger partial charge in [-0.15, -0.1) is 0 Å². The molecule has 0 aliphatic heterocycles. The molecule has 2 aromatic rings. The standard InChI is InChI=1S/C18H24N6O3/c1-10-14-12(7-18(2,3)8-13(14)25)24(23-10)17-21-9-11(15(19)26)16(22-17)20-5-6-27-4/h9H,5-8H2,1-4H3,(H2,19,26)(H,20,21,22). The number of methoxy groups -OCH3 is 1. The van der Waals surface area contributed by atoms with Crippen LogP contribution in [0.2, 0.25) is 0 Å². The highest BCUT2D eigenvalue weighted by Gasteiger charge is 2.36. The number of carbonyl (C=O) groups excluding carboxylic acids is 2. The van der Waals surface area contributed by atoms with Gasteiger partial charge in [0.15, 0.2) is 5.78 Å². The molecule has 3 N–H and O–H groups in total. The van der Waals surface area contributed by atoms with Crippen molar-refractivity contribution in [3.8, 4) is 5.95 Å².